The molecule has 0 spiro atoms. The minimum absolute atomic E-state index is 0.0238. The van der Waals surface area contributed by atoms with Crippen LogP contribution < -0.4 is 21.3 Å². The minimum Gasteiger partial charge on any atom is -0.481 e. The summed E-state index contributed by atoms with van der Waals surface area (Å²) in [6.07, 6.45) is 7.29. The van der Waals surface area contributed by atoms with Crippen LogP contribution in [0.15, 0.2) is 53.9 Å². The third-order valence-electron chi connectivity index (χ3n) is 15.0. The van der Waals surface area contributed by atoms with Gasteiger partial charge in [0.25, 0.3) is 0 Å². The van der Waals surface area contributed by atoms with Gasteiger partial charge in [-0.2, -0.15) is 0 Å². The molecule has 4 aliphatic rings. The molecule has 1 atom stereocenters. The quantitative estimate of drug-likeness (QED) is 0.0326. The number of hydrogen-bond acceptors (Lipinski definition) is 17. The number of nitrogens with zero attached hydrogens (tertiary/aromatic N) is 10. The Morgan fingerprint density at radius 3 is 2.39 bits per heavy atom. The second-order valence-corrected chi connectivity index (χ2v) is 22.7. The zero-order chi connectivity index (χ0) is 53.0. The Bertz CT molecular complexity index is 2850. The average molecular weight is 1100 g/mol. The number of likely N-dealkylation sites (tertiary alicyclic amines) is 1. The lowest BCUT2D eigenvalue weighted by Crippen LogP contribution is -2.60. The number of aryl methyl sites for hydroxylation is 1. The molecular formula is C53H69ClN14O6S2. The van der Waals surface area contributed by atoms with Crippen LogP contribution in [0.25, 0.3) is 21.3 Å². The van der Waals surface area contributed by atoms with E-state index in [2.05, 4.69) is 71.9 Å². The molecule has 0 aliphatic carbocycles. The highest BCUT2D eigenvalue weighted by molar-refractivity contribution is 8.00. The predicted octanol–water partition coefficient (Wildman–Crippen LogP) is 3.30. The van der Waals surface area contributed by atoms with Gasteiger partial charge in [0.05, 0.1) is 47.3 Å². The molecule has 5 aromatic rings. The number of ether oxygens (including phenoxy) is 1. The Morgan fingerprint density at radius 1 is 0.921 bits per heavy atom. The zero-order valence-electron chi connectivity index (χ0n) is 43.2. The van der Waals surface area contributed by atoms with E-state index in [-0.39, 0.29) is 42.7 Å². The first-order chi connectivity index (χ1) is 36.8. The van der Waals surface area contributed by atoms with Gasteiger partial charge in [-0.15, -0.1) is 11.3 Å². The molecule has 6 N–H and O–H groups in total. The van der Waals surface area contributed by atoms with E-state index in [1.54, 1.807) is 13.3 Å². The SMILES string of the molecule is Cc1nc(SCC(=O)O)c2cc(C#CCNC(=O)COCCN3CCN(CC4CCN(CC(=O)N5CCN(CC[C@H](NC(=O)C6(N)CCN(c7ncnc8[nH]ccc78)CC6)c6ccc(Cl)cc6)CC5)CC4)CC3)sc2n1. The number of nitrogens with one attached hydrogen (secondary N) is 3. The molecule has 8 heterocycles. The van der Waals surface area contributed by atoms with Crippen molar-refractivity contribution in [2.75, 3.05) is 135 Å². The van der Waals surface area contributed by atoms with Gasteiger partial charge in [-0.3, -0.25) is 33.9 Å². The van der Waals surface area contributed by atoms with Crippen LogP contribution in [0.1, 0.15) is 54.4 Å². The standard InChI is InChI=1S/C53H69ClN14O6S2/c1-37-60-50(75-35-47(71)72)43-31-41(76-51(43)61-37)3-2-14-56-45(69)34-74-30-29-64-21-23-66(24-22-64)32-38-9-16-65(17-10-38)33-46(70)67-27-25-63(26-28-67)18-11-44(39-4-6-40(54)7-5-39)62-52(73)53(55)12-19-68(20-13-53)49-42-8-15-57-48(42)58-36-59-49/h4-8,15,31,36,38,44H,9-14,16-30,32-35,55H2,1H3,(H,56,69)(H,62,73)(H,71,72)(H,57,58,59)/t44-/m0/s1. The minimum atomic E-state index is -1.01. The number of hydrogen-bond donors (Lipinski definition) is 5. The van der Waals surface area contributed by atoms with Gasteiger partial charge in [0, 0.05) is 102 Å². The van der Waals surface area contributed by atoms with E-state index in [9.17, 15) is 19.2 Å². The summed E-state index contributed by atoms with van der Waals surface area (Å²) in [5, 5.41) is 18.2. The van der Waals surface area contributed by atoms with E-state index in [0.29, 0.717) is 80.4 Å². The number of carbonyl (C=O) groups is 4. The molecule has 9 rings (SSSR count). The maximum atomic E-state index is 14.0. The van der Waals surface area contributed by atoms with E-state index in [0.717, 1.165) is 134 Å². The lowest BCUT2D eigenvalue weighted by molar-refractivity contribution is -0.135. The number of rotatable bonds is 20. The molecule has 4 fully saturated rings. The number of piperazine rings is 2. The van der Waals surface area contributed by atoms with Crippen molar-refractivity contribution in [2.45, 2.75) is 55.6 Å². The van der Waals surface area contributed by atoms with E-state index < -0.39 is 11.5 Å². The Balaban J connectivity index is 0.620. The molecule has 4 aromatic heterocycles. The number of fused-ring (bicyclic) bond motifs is 2. The number of piperidine rings is 2. The number of benzene rings is 1. The highest BCUT2D eigenvalue weighted by atomic mass is 35.5. The monoisotopic (exact) mass is 1100 g/mol. The van der Waals surface area contributed by atoms with Crippen molar-refractivity contribution in [3.8, 4) is 11.8 Å². The average Bonchev–Trinajstić information content (AvgIpc) is 4.09. The number of carboxylic acid groups (broad SMARTS) is 1. The predicted molar refractivity (Wildman–Crippen MR) is 295 cm³/mol. The first kappa shape index (κ1) is 55.3. The first-order valence-electron chi connectivity index (χ1n) is 26.4. The Morgan fingerprint density at radius 2 is 1.64 bits per heavy atom. The van der Waals surface area contributed by atoms with Crippen molar-refractivity contribution >= 4 is 85.5 Å². The topological polar surface area (TPSA) is 235 Å². The second kappa shape index (κ2) is 26.2. The summed E-state index contributed by atoms with van der Waals surface area (Å²) in [5.74, 6) is 6.93. The van der Waals surface area contributed by atoms with Crippen LogP contribution in [0.3, 0.4) is 0 Å². The van der Waals surface area contributed by atoms with Gasteiger partial charge in [-0.05, 0) is 87.9 Å². The Kier molecular flexibility index (Phi) is 19.1. The molecule has 4 aliphatic heterocycles. The van der Waals surface area contributed by atoms with Crippen molar-refractivity contribution in [2.24, 2.45) is 11.7 Å². The van der Waals surface area contributed by atoms with Crippen molar-refractivity contribution < 1.29 is 29.0 Å². The summed E-state index contributed by atoms with van der Waals surface area (Å²) in [6.45, 7) is 15.5. The van der Waals surface area contributed by atoms with E-state index in [1.165, 1.54) is 11.3 Å². The van der Waals surface area contributed by atoms with Crippen LogP contribution in [-0.4, -0.2) is 214 Å². The largest absolute Gasteiger partial charge is 0.481 e. The lowest BCUT2D eigenvalue weighted by Gasteiger charge is -2.40. The van der Waals surface area contributed by atoms with Crippen LogP contribution in [0.2, 0.25) is 5.02 Å². The fourth-order valence-electron chi connectivity index (χ4n) is 10.5. The summed E-state index contributed by atoms with van der Waals surface area (Å²) in [4.78, 5) is 87.2. The number of carboxylic acids is 1. The number of carbonyl (C=O) groups excluding carboxylic acids is 3. The third kappa shape index (κ3) is 15.0. The fraction of sp³-hybridized carbons (Fsp3) is 0.547. The maximum absolute atomic E-state index is 14.0. The van der Waals surface area contributed by atoms with E-state index >= 15 is 0 Å². The van der Waals surface area contributed by atoms with Crippen molar-refractivity contribution in [3.05, 3.63) is 70.2 Å². The number of thioether (sulfide) groups is 1. The maximum Gasteiger partial charge on any atom is 0.313 e. The molecule has 0 bridgehead atoms. The molecule has 20 nitrogen and oxygen atoms in total. The number of aromatic nitrogens is 5. The zero-order valence-corrected chi connectivity index (χ0v) is 45.6. The normalized spacial score (nSPS) is 18.6. The van der Waals surface area contributed by atoms with Crippen molar-refractivity contribution in [1.82, 2.24) is 60.1 Å². The van der Waals surface area contributed by atoms with Gasteiger partial charge in [0.1, 0.15) is 40.1 Å². The van der Waals surface area contributed by atoms with E-state index in [1.807, 2.05) is 47.5 Å². The lowest BCUT2D eigenvalue weighted by atomic mass is 9.87. The van der Waals surface area contributed by atoms with Crippen LogP contribution >= 0.6 is 34.7 Å². The van der Waals surface area contributed by atoms with E-state index in [4.69, 9.17) is 27.2 Å². The number of nitrogens with two attached hydrogens (primary N) is 1. The number of anilines is 1. The van der Waals surface area contributed by atoms with Crippen LogP contribution in [-0.2, 0) is 23.9 Å². The molecule has 76 heavy (non-hydrogen) atoms. The van der Waals surface area contributed by atoms with Crippen LogP contribution in [0.4, 0.5) is 5.82 Å². The second-order valence-electron chi connectivity index (χ2n) is 20.2. The number of H-pyrrole nitrogens is 1. The highest BCUT2D eigenvalue weighted by Gasteiger charge is 2.39. The number of amides is 3. The van der Waals surface area contributed by atoms with Gasteiger partial charge < -0.3 is 45.9 Å². The summed E-state index contributed by atoms with van der Waals surface area (Å²) < 4.78 is 5.70. The molecule has 1 aromatic carbocycles. The van der Waals surface area contributed by atoms with Crippen LogP contribution in [0.5, 0.6) is 0 Å². The number of aromatic amines is 1. The summed E-state index contributed by atoms with van der Waals surface area (Å²) in [7, 11) is 0. The molecule has 0 saturated carbocycles. The molecule has 23 heteroatoms. The highest BCUT2D eigenvalue weighted by Crippen LogP contribution is 2.32. The first-order valence-corrected chi connectivity index (χ1v) is 28.5. The number of halogens is 1. The Labute approximate surface area is 456 Å². The van der Waals surface area contributed by atoms with Crippen molar-refractivity contribution in [1.29, 1.82) is 0 Å². The van der Waals surface area contributed by atoms with Crippen molar-refractivity contribution in [3.63, 3.8) is 0 Å². The smallest absolute Gasteiger partial charge is 0.313 e. The summed E-state index contributed by atoms with van der Waals surface area (Å²) in [6, 6.07) is 11.3. The number of thiophene rings is 1. The summed E-state index contributed by atoms with van der Waals surface area (Å²) >= 11 is 8.84. The molecule has 0 unspecified atom stereocenters. The van der Waals surface area contributed by atoms with Gasteiger partial charge in [-0.25, -0.2) is 19.9 Å². The van der Waals surface area contributed by atoms with Gasteiger partial charge in [0.15, 0.2) is 0 Å². The Hall–Kier alpha value is -5.48. The third-order valence-corrected chi connectivity index (χ3v) is 17.2. The number of aliphatic carboxylic acids is 1. The van der Waals surface area contributed by atoms with Gasteiger partial charge in [0.2, 0.25) is 17.7 Å². The molecular weight excluding hydrogens is 1030 g/mol. The molecule has 406 valence electrons. The molecule has 4 saturated heterocycles. The fourth-order valence-corrected chi connectivity index (χ4v) is 12.4. The van der Waals surface area contributed by atoms with Gasteiger partial charge >= 0.3 is 5.97 Å². The summed E-state index contributed by atoms with van der Waals surface area (Å²) in [5.41, 5.74) is 7.63. The molecule has 0 radical (unpaired) electrons. The molecule has 3 amide bonds. The van der Waals surface area contributed by atoms with Gasteiger partial charge in [-0.1, -0.05) is 47.3 Å². The van der Waals surface area contributed by atoms with Crippen LogP contribution in [0, 0.1) is 24.7 Å².